The summed E-state index contributed by atoms with van der Waals surface area (Å²) in [6.45, 7) is 0. The molecule has 3 aromatic rings. The quantitative estimate of drug-likeness (QED) is 0.441. The van der Waals surface area contributed by atoms with Crippen LogP contribution < -0.4 is 4.90 Å². The minimum atomic E-state index is -1.14. The van der Waals surface area contributed by atoms with Crippen molar-refractivity contribution in [2.24, 2.45) is 0 Å². The van der Waals surface area contributed by atoms with Gasteiger partial charge in [0, 0.05) is 36.0 Å². The van der Waals surface area contributed by atoms with Crippen molar-refractivity contribution in [3.05, 3.63) is 71.7 Å². The molecule has 4 rings (SSSR count). The van der Waals surface area contributed by atoms with E-state index in [0.29, 0.717) is 5.92 Å². The van der Waals surface area contributed by atoms with Crippen LogP contribution in [0.15, 0.2) is 54.6 Å². The second-order valence-corrected chi connectivity index (χ2v) is 8.50. The molecule has 172 valence electrons. The molecule has 2 atom stereocenters. The van der Waals surface area contributed by atoms with Crippen LogP contribution in [-0.4, -0.2) is 45.5 Å². The maximum atomic E-state index is 13.5. The van der Waals surface area contributed by atoms with E-state index in [2.05, 4.69) is 0 Å². The Morgan fingerprint density at radius 1 is 1.18 bits per heavy atom. The molecule has 0 bridgehead atoms. The molecule has 1 saturated carbocycles. The molecule has 1 aromatic heterocycles. The lowest BCUT2D eigenvalue weighted by Crippen LogP contribution is -2.19. The van der Waals surface area contributed by atoms with Crippen LogP contribution in [0.2, 0.25) is 0 Å². The second-order valence-electron chi connectivity index (χ2n) is 8.50. The summed E-state index contributed by atoms with van der Waals surface area (Å²) in [5.74, 6) is -1.10. The zero-order valence-electron chi connectivity index (χ0n) is 18.4. The number of aliphatic hydroxyl groups is 2. The number of aliphatic hydroxyl groups excluding tert-OH is 2. The van der Waals surface area contributed by atoms with E-state index in [-0.39, 0.29) is 12.2 Å². The highest BCUT2D eigenvalue weighted by Crippen LogP contribution is 2.46. The van der Waals surface area contributed by atoms with Gasteiger partial charge in [-0.2, -0.15) is 0 Å². The molecule has 0 spiro atoms. The Morgan fingerprint density at radius 2 is 1.88 bits per heavy atom. The minimum Gasteiger partial charge on any atom is -0.481 e. The molecule has 33 heavy (non-hydrogen) atoms. The number of hydrogen-bond acceptors (Lipinski definition) is 5. The average Bonchev–Trinajstić information content (AvgIpc) is 3.61. The van der Waals surface area contributed by atoms with Crippen LogP contribution in [0.5, 0.6) is 0 Å². The summed E-state index contributed by atoms with van der Waals surface area (Å²) in [6, 6.07) is 14.1. The van der Waals surface area contributed by atoms with E-state index in [4.69, 9.17) is 10.1 Å². The molecule has 0 aliphatic heterocycles. The maximum Gasteiger partial charge on any atom is 0.305 e. The first-order valence-electron chi connectivity index (χ1n) is 11.0. The van der Waals surface area contributed by atoms with Crippen molar-refractivity contribution in [2.75, 3.05) is 11.9 Å². The first-order chi connectivity index (χ1) is 15.8. The number of fused-ring (bicyclic) bond motifs is 1. The Hall–Kier alpha value is -3.29. The van der Waals surface area contributed by atoms with E-state index in [1.807, 2.05) is 36.2 Å². The summed E-state index contributed by atoms with van der Waals surface area (Å²) < 4.78 is 13.5. The van der Waals surface area contributed by atoms with Crippen LogP contribution in [0.4, 0.5) is 15.8 Å². The van der Waals surface area contributed by atoms with Gasteiger partial charge < -0.3 is 20.2 Å². The molecule has 0 amide bonds. The van der Waals surface area contributed by atoms with Gasteiger partial charge in [-0.25, -0.2) is 4.39 Å². The Balaban J connectivity index is 1.78. The van der Waals surface area contributed by atoms with Crippen LogP contribution in [-0.2, 0) is 4.79 Å². The third-order valence-corrected chi connectivity index (χ3v) is 5.85. The minimum absolute atomic E-state index is 0.0777. The Bertz CT molecular complexity index is 1170. The number of pyridine rings is 1. The largest absolute Gasteiger partial charge is 0.481 e. The van der Waals surface area contributed by atoms with Gasteiger partial charge in [-0.3, -0.25) is 9.78 Å². The molecule has 6 nitrogen and oxygen atoms in total. The number of rotatable bonds is 9. The number of carbonyl (C=O) groups is 1. The smallest absolute Gasteiger partial charge is 0.305 e. The van der Waals surface area contributed by atoms with Crippen molar-refractivity contribution in [3.63, 3.8) is 0 Å². The van der Waals surface area contributed by atoms with E-state index < -0.39 is 24.6 Å². The van der Waals surface area contributed by atoms with Crippen LogP contribution in [0, 0.1) is 5.82 Å². The van der Waals surface area contributed by atoms with Gasteiger partial charge >= 0.3 is 5.97 Å². The van der Waals surface area contributed by atoms with E-state index >= 15 is 0 Å². The molecule has 3 N–H and O–H groups in total. The van der Waals surface area contributed by atoms with Crippen LogP contribution >= 0.6 is 0 Å². The fourth-order valence-electron chi connectivity index (χ4n) is 4.06. The van der Waals surface area contributed by atoms with Gasteiger partial charge in [0.1, 0.15) is 5.82 Å². The molecule has 1 aliphatic rings. The first-order valence-corrected chi connectivity index (χ1v) is 11.0. The summed E-state index contributed by atoms with van der Waals surface area (Å²) in [4.78, 5) is 17.7. The van der Waals surface area contributed by atoms with Crippen LogP contribution in [0.25, 0.3) is 17.0 Å². The van der Waals surface area contributed by atoms with Crippen LogP contribution in [0.1, 0.15) is 42.9 Å². The number of carboxylic acids is 1. The first kappa shape index (κ1) is 22.9. The van der Waals surface area contributed by atoms with Gasteiger partial charge in [0.15, 0.2) is 0 Å². The Kier molecular flexibility index (Phi) is 6.72. The fourth-order valence-corrected chi connectivity index (χ4v) is 4.06. The second kappa shape index (κ2) is 9.68. The number of nitrogens with zero attached hydrogens (tertiary/aromatic N) is 2. The number of hydrogen-bond donors (Lipinski definition) is 3. The maximum absolute atomic E-state index is 13.5. The van der Waals surface area contributed by atoms with E-state index in [1.54, 1.807) is 24.3 Å². The lowest BCUT2D eigenvalue weighted by Gasteiger charge is -2.25. The SMILES string of the molecule is CN(c1ccc(F)cc1)c1c(/C=C/[C@@H](O)C[C@@H](O)CC(=O)O)c(C2CC2)nc2ccccc12. The Morgan fingerprint density at radius 3 is 2.55 bits per heavy atom. The standard InChI is InChI=1S/C26H27FN2O4/c1-29(18-10-8-17(27)9-11-18)26-21-4-2-3-5-23(21)28-25(16-6-7-16)22(26)13-12-19(30)14-20(31)15-24(32)33/h2-5,8-13,16,19-20,30-31H,6-7,14-15H2,1H3,(H,32,33)/b13-12+/t19-,20-/m1/s1. The van der Waals surface area contributed by atoms with Gasteiger partial charge in [-0.15, -0.1) is 0 Å². The number of halogens is 1. The topological polar surface area (TPSA) is 93.9 Å². The highest BCUT2D eigenvalue weighted by molar-refractivity contribution is 5.99. The molecular formula is C26H27FN2O4. The summed E-state index contributed by atoms with van der Waals surface area (Å²) in [5, 5.41) is 30.0. The summed E-state index contributed by atoms with van der Waals surface area (Å²) in [7, 11) is 1.91. The number of aliphatic carboxylic acids is 1. The Labute approximate surface area is 191 Å². The van der Waals surface area contributed by atoms with Gasteiger partial charge in [-0.1, -0.05) is 30.4 Å². The normalized spacial score (nSPS) is 15.6. The van der Waals surface area contributed by atoms with Crippen LogP contribution in [0.3, 0.4) is 0 Å². The molecular weight excluding hydrogens is 423 g/mol. The number of benzene rings is 2. The molecule has 0 radical (unpaired) electrons. The third kappa shape index (κ3) is 5.38. The predicted molar refractivity (Wildman–Crippen MR) is 126 cm³/mol. The third-order valence-electron chi connectivity index (χ3n) is 5.85. The molecule has 1 fully saturated rings. The van der Waals surface area contributed by atoms with Gasteiger partial charge in [0.2, 0.25) is 0 Å². The zero-order valence-corrected chi connectivity index (χ0v) is 18.4. The predicted octanol–water partition coefficient (Wildman–Crippen LogP) is 4.62. The van der Waals surface area contributed by atoms with Crippen molar-refractivity contribution in [2.45, 2.75) is 43.8 Å². The van der Waals surface area contributed by atoms with Gasteiger partial charge in [0.25, 0.3) is 0 Å². The average molecular weight is 451 g/mol. The van der Waals surface area contributed by atoms with E-state index in [9.17, 15) is 19.4 Å². The number of anilines is 2. The van der Waals surface area contributed by atoms with Gasteiger partial charge in [0.05, 0.1) is 35.5 Å². The lowest BCUT2D eigenvalue weighted by molar-refractivity contribution is -0.139. The van der Waals surface area contributed by atoms with Gasteiger partial charge in [-0.05, 0) is 43.2 Å². The summed E-state index contributed by atoms with van der Waals surface area (Å²) in [5.41, 5.74) is 4.35. The summed E-state index contributed by atoms with van der Waals surface area (Å²) in [6.07, 6.45) is 2.80. The zero-order chi connectivity index (χ0) is 23.5. The molecule has 0 saturated heterocycles. The molecule has 1 heterocycles. The van der Waals surface area contributed by atoms with Crippen molar-refractivity contribution < 1.29 is 24.5 Å². The summed E-state index contributed by atoms with van der Waals surface area (Å²) >= 11 is 0. The molecule has 1 aliphatic carbocycles. The van der Waals surface area contributed by atoms with E-state index in [0.717, 1.165) is 46.4 Å². The van der Waals surface area contributed by atoms with Crippen molar-refractivity contribution in [1.82, 2.24) is 4.98 Å². The highest BCUT2D eigenvalue weighted by Gasteiger charge is 2.30. The van der Waals surface area contributed by atoms with Crippen molar-refractivity contribution >= 4 is 34.3 Å². The highest BCUT2D eigenvalue weighted by atomic mass is 19.1. The number of aromatic nitrogens is 1. The monoisotopic (exact) mass is 450 g/mol. The van der Waals surface area contributed by atoms with Crippen molar-refractivity contribution in [3.8, 4) is 0 Å². The van der Waals surface area contributed by atoms with E-state index in [1.165, 1.54) is 12.1 Å². The van der Waals surface area contributed by atoms with Crippen molar-refractivity contribution in [1.29, 1.82) is 0 Å². The lowest BCUT2D eigenvalue weighted by atomic mass is 9.99. The molecule has 0 unspecified atom stereocenters. The molecule has 2 aromatic carbocycles. The fraction of sp³-hybridized carbons (Fsp3) is 0.308. The number of carboxylic acid groups (broad SMARTS) is 1. The molecule has 7 heteroatoms. The number of para-hydroxylation sites is 1.